The number of nitrogens with zero attached hydrogens (tertiary/aromatic N) is 1. The van der Waals surface area contributed by atoms with Crippen molar-refractivity contribution in [3.8, 4) is 0 Å². The van der Waals surface area contributed by atoms with Gasteiger partial charge in [-0.3, -0.25) is 0 Å². The smallest absolute Gasteiger partial charge is 0.192 e. The summed E-state index contributed by atoms with van der Waals surface area (Å²) >= 11 is 0. The van der Waals surface area contributed by atoms with Gasteiger partial charge in [-0.15, -0.1) is 0 Å². The summed E-state index contributed by atoms with van der Waals surface area (Å²) in [5.41, 5.74) is 0.656. The molecule has 4 fully saturated rings. The lowest BCUT2D eigenvalue weighted by atomic mass is 9.83. The Morgan fingerprint density at radius 1 is 0.947 bits per heavy atom. The monoisotopic (exact) mass is 561 g/mol. The first-order valence-corrected chi connectivity index (χ1v) is 16.2. The van der Waals surface area contributed by atoms with Crippen molar-refractivity contribution in [3.05, 3.63) is 0 Å². The van der Waals surface area contributed by atoms with E-state index in [1.807, 2.05) is 13.8 Å². The lowest BCUT2D eigenvalue weighted by molar-refractivity contribution is -0.207. The Morgan fingerprint density at radius 3 is 2.37 bits per heavy atom. The van der Waals surface area contributed by atoms with Crippen molar-refractivity contribution in [1.29, 1.82) is 0 Å². The van der Waals surface area contributed by atoms with Crippen LogP contribution < -0.4 is 0 Å². The Hall–Kier alpha value is -0.713. The number of rotatable bonds is 11. The molecule has 13 heteroatoms. The molecule has 5 rings (SSSR count). The molecule has 12 nitrogen and oxygen atoms in total. The summed E-state index contributed by atoms with van der Waals surface area (Å²) in [5.74, 6) is -1.04. The molecule has 0 N–H and O–H groups in total. The van der Waals surface area contributed by atoms with Gasteiger partial charge in [0.2, 0.25) is 0 Å². The largest absolute Gasteiger partial charge is 0.408 e. The van der Waals surface area contributed by atoms with Gasteiger partial charge in [-0.05, 0) is 32.0 Å². The molecule has 5 aliphatic rings. The molecule has 218 valence electrons. The van der Waals surface area contributed by atoms with Gasteiger partial charge in [0, 0.05) is 14.2 Å². The minimum absolute atomic E-state index is 0.0627. The van der Waals surface area contributed by atoms with E-state index < -0.39 is 51.1 Å². The molecule has 0 saturated carbocycles. The summed E-state index contributed by atoms with van der Waals surface area (Å²) in [4.78, 5) is 5.95. The van der Waals surface area contributed by atoms with E-state index >= 15 is 0 Å². The number of hydrogen-bond acceptors (Lipinski definition) is 12. The molecule has 5 aliphatic heterocycles. The first kappa shape index (κ1) is 28.8. The van der Waals surface area contributed by atoms with E-state index in [1.165, 1.54) is 0 Å². The molecule has 4 saturated heterocycles. The molecule has 0 spiro atoms. The molecular formula is C25H43NO11Si. The van der Waals surface area contributed by atoms with Crippen molar-refractivity contribution in [2.24, 2.45) is 11.1 Å². The minimum atomic E-state index is -2.33. The summed E-state index contributed by atoms with van der Waals surface area (Å²) in [6.07, 6.45) is -4.14. The highest BCUT2D eigenvalue weighted by atomic mass is 28.4. The number of ether oxygens (including phenoxy) is 9. The van der Waals surface area contributed by atoms with Gasteiger partial charge < -0.3 is 51.9 Å². The minimum Gasteiger partial charge on any atom is -0.408 e. The second-order valence-electron chi connectivity index (χ2n) is 12.4. The standard InChI is InChI=1S/C25H43NO11Si/c1-24(2,3)38(8,9)37-17(15-19-20(36-26-15)21-23(33-19)35-25(4,5)34-21)14-16-13(10-29-11-27-6)31-22(32-16)18(14)30-12-28-7/h13-14,16-23H,10-12H2,1-9H3/t13-,14-,16+,17-,18-,19+,20-,21+,22+,23+/m1/s1. The van der Waals surface area contributed by atoms with E-state index in [-0.39, 0.29) is 42.9 Å². The SMILES string of the molecule is COCOC[C@H]1O[C@H]2O[C@@H]1[C@H]([C@@H](O[Si](C)(C)C(C)(C)C)C1=NO[C@H]3[C@@H]4OC(C)(C)O[C@@H]4O[C@@H]13)[C@H]2OCOC. The molecule has 0 unspecified atom stereocenters. The molecule has 38 heavy (non-hydrogen) atoms. The number of oxime groups is 1. The van der Waals surface area contributed by atoms with Crippen LogP contribution in [-0.4, -0.2) is 110 Å². The summed E-state index contributed by atoms with van der Waals surface area (Å²) in [5, 5.41) is 4.49. The fraction of sp³-hybridized carbons (Fsp3) is 0.960. The summed E-state index contributed by atoms with van der Waals surface area (Å²) in [6, 6.07) is 0. The van der Waals surface area contributed by atoms with Crippen LogP contribution in [0.25, 0.3) is 0 Å². The quantitative estimate of drug-likeness (QED) is 0.210. The highest BCUT2D eigenvalue weighted by Gasteiger charge is 2.65. The zero-order valence-corrected chi connectivity index (χ0v) is 24.8. The maximum absolute atomic E-state index is 7.12. The van der Waals surface area contributed by atoms with E-state index in [1.54, 1.807) is 14.2 Å². The van der Waals surface area contributed by atoms with Crippen molar-refractivity contribution in [1.82, 2.24) is 0 Å². The van der Waals surface area contributed by atoms with Crippen LogP contribution in [-0.2, 0) is 51.9 Å². The Balaban J connectivity index is 1.45. The van der Waals surface area contributed by atoms with Crippen LogP contribution in [0.15, 0.2) is 5.16 Å². The number of fused-ring (bicyclic) bond motifs is 5. The zero-order valence-electron chi connectivity index (χ0n) is 23.8. The van der Waals surface area contributed by atoms with Gasteiger partial charge in [-0.2, -0.15) is 0 Å². The van der Waals surface area contributed by atoms with Crippen molar-refractivity contribution in [3.63, 3.8) is 0 Å². The van der Waals surface area contributed by atoms with Crippen LogP contribution in [0.5, 0.6) is 0 Å². The molecule has 0 amide bonds. The van der Waals surface area contributed by atoms with Crippen LogP contribution in [0.2, 0.25) is 18.1 Å². The van der Waals surface area contributed by atoms with E-state index in [0.717, 1.165) is 0 Å². The van der Waals surface area contributed by atoms with Crippen LogP contribution in [0.4, 0.5) is 0 Å². The lowest BCUT2D eigenvalue weighted by Crippen LogP contribution is -2.58. The van der Waals surface area contributed by atoms with E-state index in [2.05, 4.69) is 39.0 Å². The van der Waals surface area contributed by atoms with Crippen LogP contribution >= 0.6 is 0 Å². The van der Waals surface area contributed by atoms with E-state index in [9.17, 15) is 0 Å². The second kappa shape index (κ2) is 10.6. The Bertz CT molecular complexity index is 880. The van der Waals surface area contributed by atoms with Gasteiger partial charge in [0.25, 0.3) is 0 Å². The zero-order chi connectivity index (χ0) is 27.5. The Morgan fingerprint density at radius 2 is 1.68 bits per heavy atom. The van der Waals surface area contributed by atoms with Gasteiger partial charge in [0.05, 0.1) is 24.7 Å². The molecule has 0 radical (unpaired) electrons. The van der Waals surface area contributed by atoms with E-state index in [4.69, 9.17) is 51.9 Å². The molecule has 0 aromatic carbocycles. The fourth-order valence-electron chi connectivity index (χ4n) is 5.50. The molecule has 0 aromatic heterocycles. The van der Waals surface area contributed by atoms with Crippen molar-refractivity contribution < 1.29 is 51.9 Å². The maximum atomic E-state index is 7.12. The highest BCUT2D eigenvalue weighted by Crippen LogP contribution is 2.49. The highest BCUT2D eigenvalue weighted by molar-refractivity contribution is 6.74. The molecule has 0 aliphatic carbocycles. The van der Waals surface area contributed by atoms with Gasteiger partial charge in [0.15, 0.2) is 38.9 Å². The Kier molecular flexibility index (Phi) is 8.03. The van der Waals surface area contributed by atoms with Crippen molar-refractivity contribution in [2.75, 3.05) is 34.4 Å². The van der Waals surface area contributed by atoms with E-state index in [0.29, 0.717) is 12.3 Å². The fourth-order valence-corrected chi connectivity index (χ4v) is 6.77. The summed E-state index contributed by atoms with van der Waals surface area (Å²) in [7, 11) is 0.838. The van der Waals surface area contributed by atoms with Crippen LogP contribution in [0.3, 0.4) is 0 Å². The van der Waals surface area contributed by atoms with Crippen LogP contribution in [0.1, 0.15) is 34.6 Å². The molecule has 2 bridgehead atoms. The molecule has 10 atom stereocenters. The first-order chi connectivity index (χ1) is 17.9. The third-order valence-corrected chi connectivity index (χ3v) is 12.7. The van der Waals surface area contributed by atoms with Gasteiger partial charge in [0.1, 0.15) is 37.6 Å². The normalized spacial score (nSPS) is 40.2. The van der Waals surface area contributed by atoms with Crippen LogP contribution in [0, 0.1) is 5.92 Å². The Labute approximate surface area is 225 Å². The van der Waals surface area contributed by atoms with Gasteiger partial charge in [-0.25, -0.2) is 0 Å². The molecular weight excluding hydrogens is 518 g/mol. The number of hydrogen-bond donors (Lipinski definition) is 0. The van der Waals surface area contributed by atoms with Crippen molar-refractivity contribution >= 4 is 14.0 Å². The van der Waals surface area contributed by atoms with Gasteiger partial charge in [-0.1, -0.05) is 25.9 Å². The second-order valence-corrected chi connectivity index (χ2v) is 17.2. The third-order valence-electron chi connectivity index (χ3n) is 8.29. The first-order valence-electron chi connectivity index (χ1n) is 13.3. The molecule has 5 heterocycles. The lowest BCUT2D eigenvalue weighted by Gasteiger charge is -2.44. The third kappa shape index (κ3) is 5.20. The predicted molar refractivity (Wildman–Crippen MR) is 135 cm³/mol. The number of methoxy groups -OCH3 is 2. The summed E-state index contributed by atoms with van der Waals surface area (Å²) < 4.78 is 60.1. The maximum Gasteiger partial charge on any atom is 0.192 e. The summed E-state index contributed by atoms with van der Waals surface area (Å²) in [6.45, 7) is 15.3. The topological polar surface area (TPSA) is 114 Å². The molecule has 0 aromatic rings. The average molecular weight is 562 g/mol. The van der Waals surface area contributed by atoms with Gasteiger partial charge >= 0.3 is 0 Å². The average Bonchev–Trinajstić information content (AvgIpc) is 3.60. The van der Waals surface area contributed by atoms with Crippen molar-refractivity contribution in [2.45, 2.75) is 114 Å². The predicted octanol–water partition coefficient (Wildman–Crippen LogP) is 2.36.